The number of aromatic nitrogens is 6. The minimum Gasteiger partial charge on any atom is -0.229 e. The van der Waals surface area contributed by atoms with Crippen LogP contribution in [0.2, 0.25) is 0 Å². The van der Waals surface area contributed by atoms with Gasteiger partial charge >= 0.3 is 0 Å². The molecule has 0 radical (unpaired) electrons. The molecule has 25 heavy (non-hydrogen) atoms. The summed E-state index contributed by atoms with van der Waals surface area (Å²) in [5, 5.41) is 14.4. The Kier molecular flexibility index (Phi) is 3.71. The molecule has 1 aromatic carbocycles. The third-order valence-corrected chi connectivity index (χ3v) is 6.52. The molecule has 0 amide bonds. The number of hydrogen-bond donors (Lipinski definition) is 0. The average molecular weight is 366 g/mol. The van der Waals surface area contributed by atoms with Gasteiger partial charge in [-0.2, -0.15) is 4.68 Å². The lowest BCUT2D eigenvalue weighted by molar-refractivity contribution is 0.777. The zero-order valence-corrected chi connectivity index (χ0v) is 14.9. The standard InChI is InChI=1S/C17H14N6S2/c1-2-5-11(6-3-1)23-14(20-21-22-23)9-24-16-15-12-7-4-8-13(12)25-17(15)19-10-18-16/h1-3,5-6,10H,4,7-9H2. The van der Waals surface area contributed by atoms with Crippen LogP contribution >= 0.6 is 23.1 Å². The highest BCUT2D eigenvalue weighted by Gasteiger charge is 2.21. The molecule has 0 saturated carbocycles. The molecule has 3 heterocycles. The monoisotopic (exact) mass is 366 g/mol. The third kappa shape index (κ3) is 2.61. The van der Waals surface area contributed by atoms with Crippen molar-refractivity contribution in [2.45, 2.75) is 30.0 Å². The van der Waals surface area contributed by atoms with Crippen molar-refractivity contribution in [2.75, 3.05) is 0 Å². The van der Waals surface area contributed by atoms with Crippen LogP contribution in [0, 0.1) is 0 Å². The highest BCUT2D eigenvalue weighted by Crippen LogP contribution is 2.40. The predicted molar refractivity (Wildman–Crippen MR) is 98.2 cm³/mol. The molecule has 3 aromatic heterocycles. The van der Waals surface area contributed by atoms with Crippen LogP contribution in [0.5, 0.6) is 0 Å². The zero-order chi connectivity index (χ0) is 16.6. The summed E-state index contributed by atoms with van der Waals surface area (Å²) in [7, 11) is 0. The van der Waals surface area contributed by atoms with Crippen LogP contribution in [0.4, 0.5) is 0 Å². The Balaban J connectivity index is 1.47. The smallest absolute Gasteiger partial charge is 0.166 e. The molecular weight excluding hydrogens is 352 g/mol. The lowest BCUT2D eigenvalue weighted by atomic mass is 10.2. The number of tetrazole rings is 1. The minimum atomic E-state index is 0.665. The first-order valence-corrected chi connectivity index (χ1v) is 9.91. The summed E-state index contributed by atoms with van der Waals surface area (Å²) in [4.78, 5) is 11.6. The first-order chi connectivity index (χ1) is 12.4. The Bertz CT molecular complexity index is 1040. The number of thiophene rings is 1. The molecule has 0 atom stereocenters. The molecule has 0 N–H and O–H groups in total. The maximum atomic E-state index is 4.54. The molecule has 1 aliphatic rings. The van der Waals surface area contributed by atoms with E-state index in [1.54, 1.807) is 22.8 Å². The van der Waals surface area contributed by atoms with Gasteiger partial charge in [0.2, 0.25) is 0 Å². The first-order valence-electron chi connectivity index (χ1n) is 8.11. The van der Waals surface area contributed by atoms with E-state index in [1.165, 1.54) is 28.7 Å². The van der Waals surface area contributed by atoms with Crippen LogP contribution in [-0.2, 0) is 18.6 Å². The normalized spacial score (nSPS) is 13.4. The fourth-order valence-electron chi connectivity index (χ4n) is 3.21. The van der Waals surface area contributed by atoms with E-state index < -0.39 is 0 Å². The fourth-order valence-corrected chi connectivity index (χ4v) is 5.43. The van der Waals surface area contributed by atoms with Gasteiger partial charge in [-0.25, -0.2) is 9.97 Å². The van der Waals surface area contributed by atoms with E-state index in [4.69, 9.17) is 0 Å². The fraction of sp³-hybridized carbons (Fsp3) is 0.235. The molecule has 0 saturated heterocycles. The number of rotatable bonds is 4. The molecule has 0 aliphatic heterocycles. The second kappa shape index (κ2) is 6.20. The van der Waals surface area contributed by atoms with Gasteiger partial charge in [0.15, 0.2) is 5.82 Å². The van der Waals surface area contributed by atoms with E-state index in [9.17, 15) is 0 Å². The third-order valence-electron chi connectivity index (χ3n) is 4.34. The lowest BCUT2D eigenvalue weighted by Crippen LogP contribution is -2.02. The van der Waals surface area contributed by atoms with Gasteiger partial charge in [-0.05, 0) is 47.4 Å². The SMILES string of the molecule is c1ccc(-n2nnnc2CSc2ncnc3sc4c(c23)CCC4)cc1. The first kappa shape index (κ1) is 15.0. The van der Waals surface area contributed by atoms with Crippen LogP contribution in [-0.4, -0.2) is 30.2 Å². The summed E-state index contributed by atoms with van der Waals surface area (Å²) in [6.07, 6.45) is 5.21. The summed E-state index contributed by atoms with van der Waals surface area (Å²) in [5.41, 5.74) is 2.41. The summed E-state index contributed by atoms with van der Waals surface area (Å²) < 4.78 is 1.78. The number of benzene rings is 1. The molecule has 0 unspecified atom stereocenters. The molecule has 8 heteroatoms. The summed E-state index contributed by atoms with van der Waals surface area (Å²) in [5.74, 6) is 1.48. The minimum absolute atomic E-state index is 0.665. The van der Waals surface area contributed by atoms with Crippen molar-refractivity contribution < 1.29 is 0 Å². The maximum Gasteiger partial charge on any atom is 0.166 e. The molecule has 1 aliphatic carbocycles. The van der Waals surface area contributed by atoms with Gasteiger partial charge in [0.25, 0.3) is 0 Å². The van der Waals surface area contributed by atoms with E-state index in [0.717, 1.165) is 27.8 Å². The number of nitrogens with zero attached hydrogens (tertiary/aromatic N) is 6. The van der Waals surface area contributed by atoms with Crippen LogP contribution in [0.3, 0.4) is 0 Å². The van der Waals surface area contributed by atoms with Gasteiger partial charge in [0.05, 0.1) is 11.4 Å². The summed E-state index contributed by atoms with van der Waals surface area (Å²) in [6, 6.07) is 9.95. The topological polar surface area (TPSA) is 69.4 Å². The van der Waals surface area contributed by atoms with Gasteiger partial charge in [0, 0.05) is 10.3 Å². The van der Waals surface area contributed by atoms with Gasteiger partial charge in [-0.1, -0.05) is 30.0 Å². The van der Waals surface area contributed by atoms with E-state index in [2.05, 4.69) is 25.5 Å². The highest BCUT2D eigenvalue weighted by molar-refractivity contribution is 7.98. The van der Waals surface area contributed by atoms with Crippen molar-refractivity contribution in [3.8, 4) is 5.69 Å². The van der Waals surface area contributed by atoms with Crippen LogP contribution in [0.1, 0.15) is 22.7 Å². The van der Waals surface area contributed by atoms with Crippen LogP contribution in [0.25, 0.3) is 15.9 Å². The van der Waals surface area contributed by atoms with Crippen LogP contribution in [0.15, 0.2) is 41.7 Å². The van der Waals surface area contributed by atoms with E-state index in [0.29, 0.717) is 5.75 Å². The Morgan fingerprint density at radius 2 is 2.04 bits per heavy atom. The van der Waals surface area contributed by atoms with Gasteiger partial charge < -0.3 is 0 Å². The van der Waals surface area contributed by atoms with E-state index in [-0.39, 0.29) is 0 Å². The van der Waals surface area contributed by atoms with Crippen molar-refractivity contribution in [3.05, 3.63) is 52.9 Å². The van der Waals surface area contributed by atoms with Crippen molar-refractivity contribution >= 4 is 33.3 Å². The number of aryl methyl sites for hydroxylation is 2. The molecule has 0 bridgehead atoms. The van der Waals surface area contributed by atoms with Crippen molar-refractivity contribution in [2.24, 2.45) is 0 Å². The largest absolute Gasteiger partial charge is 0.229 e. The molecule has 5 rings (SSSR count). The van der Waals surface area contributed by atoms with Crippen molar-refractivity contribution in [3.63, 3.8) is 0 Å². The Hall–Kier alpha value is -2.32. The van der Waals surface area contributed by atoms with Gasteiger partial charge in [-0.3, -0.25) is 0 Å². The second-order valence-electron chi connectivity index (χ2n) is 5.85. The molecular formula is C17H14N6S2. The quantitative estimate of drug-likeness (QED) is 0.407. The van der Waals surface area contributed by atoms with Gasteiger partial charge in [0.1, 0.15) is 16.2 Å². The molecule has 124 valence electrons. The molecule has 0 spiro atoms. The van der Waals surface area contributed by atoms with Crippen molar-refractivity contribution in [1.82, 2.24) is 30.2 Å². The number of hydrogen-bond acceptors (Lipinski definition) is 7. The number of fused-ring (bicyclic) bond motifs is 3. The maximum absolute atomic E-state index is 4.54. The molecule has 0 fully saturated rings. The van der Waals surface area contributed by atoms with E-state index >= 15 is 0 Å². The summed E-state index contributed by atoms with van der Waals surface area (Å²) in [6.45, 7) is 0. The van der Waals surface area contributed by atoms with Gasteiger partial charge in [-0.15, -0.1) is 16.4 Å². The Morgan fingerprint density at radius 1 is 1.12 bits per heavy atom. The number of para-hydroxylation sites is 1. The average Bonchev–Trinajstić information content (AvgIpc) is 3.36. The molecule has 4 aromatic rings. The predicted octanol–water partition coefficient (Wildman–Crippen LogP) is 3.45. The Morgan fingerprint density at radius 3 is 2.96 bits per heavy atom. The zero-order valence-electron chi connectivity index (χ0n) is 13.3. The Labute approximate surface area is 152 Å². The summed E-state index contributed by atoms with van der Waals surface area (Å²) >= 11 is 3.49. The van der Waals surface area contributed by atoms with Crippen molar-refractivity contribution in [1.29, 1.82) is 0 Å². The highest BCUT2D eigenvalue weighted by atomic mass is 32.2. The number of thioether (sulfide) groups is 1. The van der Waals surface area contributed by atoms with Crippen LogP contribution < -0.4 is 0 Å². The second-order valence-corrected chi connectivity index (χ2v) is 7.90. The lowest BCUT2D eigenvalue weighted by Gasteiger charge is -2.05. The van der Waals surface area contributed by atoms with E-state index in [1.807, 2.05) is 41.7 Å². The molecule has 6 nitrogen and oxygen atoms in total.